The summed E-state index contributed by atoms with van der Waals surface area (Å²) in [6.45, 7) is 11.1. The van der Waals surface area contributed by atoms with Crippen LogP contribution in [0.25, 0.3) is 0 Å². The van der Waals surface area contributed by atoms with Gasteiger partial charge in [-0.15, -0.1) is 0 Å². The van der Waals surface area contributed by atoms with E-state index in [2.05, 4.69) is 42.7 Å². The van der Waals surface area contributed by atoms with E-state index in [1.165, 1.54) is 96.3 Å². The van der Waals surface area contributed by atoms with Crippen molar-refractivity contribution in [1.82, 2.24) is 5.32 Å². The number of thioether (sulfide) groups is 2. The fraction of sp³-hybridized carbons (Fsp3) is 0.789. The molecule has 1 N–H and O–H groups in total. The van der Waals surface area contributed by atoms with E-state index >= 15 is 0 Å². The van der Waals surface area contributed by atoms with Gasteiger partial charge in [-0.05, 0) is 82.3 Å². The van der Waals surface area contributed by atoms with Gasteiger partial charge < -0.3 is 5.32 Å². The highest BCUT2D eigenvalue weighted by molar-refractivity contribution is 8.00. The number of amides is 1. The third kappa shape index (κ3) is 11.4. The lowest BCUT2D eigenvalue weighted by Gasteiger charge is -2.33. The van der Waals surface area contributed by atoms with E-state index in [0.29, 0.717) is 16.1 Å². The number of hydrogen-bond acceptors (Lipinski definition) is 4. The molecule has 43 heavy (non-hydrogen) atoms. The van der Waals surface area contributed by atoms with Gasteiger partial charge in [-0.2, -0.15) is 23.5 Å². The zero-order valence-corrected chi connectivity index (χ0v) is 29.6. The molecule has 1 aromatic rings. The number of ketones is 1. The molecule has 2 aliphatic carbocycles. The monoisotopic (exact) mass is 627 g/mol. The topological polar surface area (TPSA) is 46.2 Å². The van der Waals surface area contributed by atoms with E-state index in [-0.39, 0.29) is 23.1 Å². The van der Waals surface area contributed by atoms with Gasteiger partial charge in [0.25, 0.3) is 5.91 Å². The third-order valence-corrected chi connectivity index (χ3v) is 13.8. The highest BCUT2D eigenvalue weighted by Gasteiger charge is 2.29. The van der Waals surface area contributed by atoms with Crippen LogP contribution in [0.4, 0.5) is 0 Å². The van der Waals surface area contributed by atoms with Gasteiger partial charge in [-0.1, -0.05) is 96.6 Å². The summed E-state index contributed by atoms with van der Waals surface area (Å²) >= 11 is 4.19. The lowest BCUT2D eigenvalue weighted by molar-refractivity contribution is 0.0914. The predicted octanol–water partition coefficient (Wildman–Crippen LogP) is 10.6. The molecule has 1 amide bonds. The van der Waals surface area contributed by atoms with Gasteiger partial charge in [-0.3, -0.25) is 9.59 Å². The maximum Gasteiger partial charge on any atom is 0.251 e. The Morgan fingerprint density at radius 1 is 0.674 bits per heavy atom. The summed E-state index contributed by atoms with van der Waals surface area (Å²) in [5.74, 6) is 5.57. The SMILES string of the molecule is C[C@@H]1CCC2CCCCC(CCC2)SCC(C(=O)c2ccc(C(=O)NC(C)(C)C)cc2)CSC2CCCC(CCC2)[C@@H]1C. The Morgan fingerprint density at radius 2 is 1.19 bits per heavy atom. The van der Waals surface area contributed by atoms with Crippen molar-refractivity contribution in [1.29, 1.82) is 0 Å². The van der Waals surface area contributed by atoms with E-state index in [9.17, 15) is 9.59 Å². The summed E-state index contributed by atoms with van der Waals surface area (Å²) in [7, 11) is 0. The van der Waals surface area contributed by atoms with Crippen molar-refractivity contribution in [2.75, 3.05) is 11.5 Å². The molecule has 5 atom stereocenters. The summed E-state index contributed by atoms with van der Waals surface area (Å²) in [6, 6.07) is 7.45. The largest absolute Gasteiger partial charge is 0.347 e. The zero-order valence-electron chi connectivity index (χ0n) is 28.0. The smallest absolute Gasteiger partial charge is 0.251 e. The maximum atomic E-state index is 14.0. The molecule has 0 aromatic heterocycles. The highest BCUT2D eigenvalue weighted by Crippen LogP contribution is 2.39. The lowest BCUT2D eigenvalue weighted by atomic mass is 9.75. The van der Waals surface area contributed by atoms with Crippen LogP contribution in [-0.2, 0) is 0 Å². The second-order valence-electron chi connectivity index (χ2n) is 15.4. The molecule has 3 nitrogen and oxygen atoms in total. The Bertz CT molecular complexity index is 992. The van der Waals surface area contributed by atoms with Crippen LogP contribution in [0, 0.1) is 29.6 Å². The van der Waals surface area contributed by atoms with Crippen LogP contribution < -0.4 is 5.32 Å². The van der Waals surface area contributed by atoms with E-state index in [0.717, 1.165) is 40.7 Å². The fourth-order valence-corrected chi connectivity index (χ4v) is 10.8. The Balaban J connectivity index is 1.48. The van der Waals surface area contributed by atoms with Gasteiger partial charge in [0, 0.05) is 44.6 Å². The number of hydrogen-bond donors (Lipinski definition) is 1. The highest BCUT2D eigenvalue weighted by atomic mass is 32.2. The molecule has 5 rings (SSSR count). The quantitative estimate of drug-likeness (QED) is 0.339. The van der Waals surface area contributed by atoms with Crippen molar-refractivity contribution in [3.8, 4) is 0 Å². The van der Waals surface area contributed by atoms with Crippen molar-refractivity contribution in [3.63, 3.8) is 0 Å². The number of Topliss-reactive ketones (excluding diaryl/α,β-unsaturated/α-hetero) is 1. The first-order valence-corrected chi connectivity index (χ1v) is 19.9. The molecule has 5 heteroatoms. The molecule has 2 aliphatic heterocycles. The molecule has 4 fully saturated rings. The molecule has 0 radical (unpaired) electrons. The molecule has 2 heterocycles. The Labute approximate surface area is 272 Å². The third-order valence-electron chi connectivity index (χ3n) is 10.8. The number of fused-ring (bicyclic) bond motifs is 11. The van der Waals surface area contributed by atoms with Crippen molar-refractivity contribution in [2.45, 2.75) is 147 Å². The first-order valence-electron chi connectivity index (χ1n) is 17.8. The standard InChI is InChI=1S/C38H61NO2S2/c1-27-19-20-29-11-6-7-15-34(16-8-12-29)42-25-33(26-43-35-17-9-13-30(28(27)2)14-10-18-35)36(40)31-21-23-32(24-22-31)37(41)39-38(3,4)5/h21-24,27-30,33-35H,6-20,25-26H2,1-5H3,(H,39,41)/t27-,28-,29?,30?,33?,34?,35?/m1/s1. The Morgan fingerprint density at radius 3 is 1.79 bits per heavy atom. The fourth-order valence-electron chi connectivity index (χ4n) is 7.74. The first-order chi connectivity index (χ1) is 20.6. The summed E-state index contributed by atoms with van der Waals surface area (Å²) in [6.07, 6.45) is 20.4. The van der Waals surface area contributed by atoms with Crippen LogP contribution in [0.5, 0.6) is 0 Å². The second kappa shape index (κ2) is 17.1. The minimum absolute atomic E-state index is 0.0331. The van der Waals surface area contributed by atoms with Crippen molar-refractivity contribution in [2.24, 2.45) is 29.6 Å². The summed E-state index contributed by atoms with van der Waals surface area (Å²) in [5, 5.41) is 4.40. The number of carbonyl (C=O) groups is 2. The van der Waals surface area contributed by atoms with Crippen LogP contribution in [0.15, 0.2) is 24.3 Å². The first kappa shape index (κ1) is 34.9. The van der Waals surface area contributed by atoms with Crippen LogP contribution >= 0.6 is 23.5 Å². The normalized spacial score (nSPS) is 32.3. The maximum absolute atomic E-state index is 14.0. The summed E-state index contributed by atoms with van der Waals surface area (Å²) < 4.78 is 0. The molecule has 1 aromatic carbocycles. The van der Waals surface area contributed by atoms with Gasteiger partial charge >= 0.3 is 0 Å². The van der Waals surface area contributed by atoms with Gasteiger partial charge in [0.05, 0.1) is 0 Å². The molecule has 2 saturated heterocycles. The molecule has 242 valence electrons. The van der Waals surface area contributed by atoms with E-state index in [1.807, 2.05) is 45.0 Å². The van der Waals surface area contributed by atoms with E-state index in [1.54, 1.807) is 0 Å². The number of benzene rings is 1. The van der Waals surface area contributed by atoms with Crippen molar-refractivity contribution < 1.29 is 9.59 Å². The molecule has 4 bridgehead atoms. The average molecular weight is 628 g/mol. The van der Waals surface area contributed by atoms with Gasteiger partial charge in [0.2, 0.25) is 0 Å². The van der Waals surface area contributed by atoms with Crippen LogP contribution in [-0.4, -0.2) is 39.2 Å². The molecular formula is C38H61NO2S2. The molecular weight excluding hydrogens is 567 g/mol. The number of nitrogens with one attached hydrogen (secondary N) is 1. The van der Waals surface area contributed by atoms with Gasteiger partial charge in [0.15, 0.2) is 5.78 Å². The number of carbonyl (C=O) groups excluding carboxylic acids is 2. The Hall–Kier alpha value is -0.940. The molecule has 3 unspecified atom stereocenters. The van der Waals surface area contributed by atoms with Crippen molar-refractivity contribution in [3.05, 3.63) is 35.4 Å². The average Bonchev–Trinajstić information content (AvgIpc) is 3.07. The summed E-state index contributed by atoms with van der Waals surface area (Å²) in [4.78, 5) is 26.7. The van der Waals surface area contributed by atoms with E-state index < -0.39 is 0 Å². The minimum Gasteiger partial charge on any atom is -0.347 e. The zero-order chi connectivity index (χ0) is 30.8. The predicted molar refractivity (Wildman–Crippen MR) is 189 cm³/mol. The Kier molecular flexibility index (Phi) is 13.9. The molecule has 2 saturated carbocycles. The number of rotatable bonds is 3. The van der Waals surface area contributed by atoms with Gasteiger partial charge in [-0.25, -0.2) is 0 Å². The van der Waals surface area contributed by atoms with Crippen LogP contribution in [0.1, 0.15) is 152 Å². The summed E-state index contributed by atoms with van der Waals surface area (Å²) in [5.41, 5.74) is 1.10. The van der Waals surface area contributed by atoms with Crippen LogP contribution in [0.3, 0.4) is 0 Å². The van der Waals surface area contributed by atoms with E-state index in [4.69, 9.17) is 0 Å². The van der Waals surface area contributed by atoms with Gasteiger partial charge in [0.1, 0.15) is 0 Å². The lowest BCUT2D eigenvalue weighted by Crippen LogP contribution is -2.40. The second-order valence-corrected chi connectivity index (χ2v) is 18.0. The van der Waals surface area contributed by atoms with Crippen molar-refractivity contribution >= 4 is 35.2 Å². The van der Waals surface area contributed by atoms with Crippen LogP contribution in [0.2, 0.25) is 0 Å². The molecule has 0 spiro atoms. The minimum atomic E-state index is -0.285. The molecule has 4 aliphatic rings.